The van der Waals surface area contributed by atoms with Crippen LogP contribution < -0.4 is 5.73 Å². The molecule has 2 aromatic rings. The Hall–Kier alpha value is -2.51. The Morgan fingerprint density at radius 3 is 2.56 bits per heavy atom. The van der Waals surface area contributed by atoms with Crippen molar-refractivity contribution >= 4 is 11.8 Å². The Labute approximate surface area is 89.7 Å². The van der Waals surface area contributed by atoms with Gasteiger partial charge in [0.25, 0.3) is 0 Å². The molecule has 0 fully saturated rings. The molecule has 0 amide bonds. The zero-order valence-corrected chi connectivity index (χ0v) is 8.32. The Morgan fingerprint density at radius 1 is 1.38 bits per heavy atom. The predicted octanol–water partition coefficient (Wildman–Crippen LogP) is -0.354. The largest absolute Gasteiger partial charge is 0.476 e. The van der Waals surface area contributed by atoms with Crippen LogP contribution in [0.2, 0.25) is 0 Å². The number of hydrogen-bond acceptors (Lipinski definition) is 6. The molecular formula is C8H8N6O2. The fraction of sp³-hybridized carbons (Fsp3) is 0.125. The average molecular weight is 220 g/mol. The topological polar surface area (TPSA) is 120 Å². The summed E-state index contributed by atoms with van der Waals surface area (Å²) >= 11 is 0. The number of rotatable bonds is 2. The molecule has 0 aliphatic rings. The summed E-state index contributed by atoms with van der Waals surface area (Å²) in [6, 6.07) is 0. The summed E-state index contributed by atoms with van der Waals surface area (Å²) in [6.45, 7) is 1.61. The molecule has 8 nitrogen and oxygen atoms in total. The van der Waals surface area contributed by atoms with Crippen molar-refractivity contribution in [2.45, 2.75) is 6.92 Å². The van der Waals surface area contributed by atoms with Crippen LogP contribution in [-0.4, -0.2) is 36.0 Å². The SMILES string of the molecule is Cc1nc(C(=O)O)c(N)nc1-n1nccn1. The van der Waals surface area contributed by atoms with E-state index in [4.69, 9.17) is 10.8 Å². The Kier molecular flexibility index (Phi) is 2.24. The number of aromatic carboxylic acids is 1. The number of carbonyl (C=O) groups is 1. The van der Waals surface area contributed by atoms with E-state index < -0.39 is 5.97 Å². The molecule has 3 N–H and O–H groups in total. The fourth-order valence-corrected chi connectivity index (χ4v) is 1.19. The van der Waals surface area contributed by atoms with Crippen molar-refractivity contribution in [3.63, 3.8) is 0 Å². The molecular weight excluding hydrogens is 212 g/mol. The second-order valence-electron chi connectivity index (χ2n) is 2.99. The van der Waals surface area contributed by atoms with Crippen LogP contribution in [-0.2, 0) is 0 Å². The Bertz CT molecular complexity index is 536. The van der Waals surface area contributed by atoms with Gasteiger partial charge in [0, 0.05) is 0 Å². The van der Waals surface area contributed by atoms with E-state index in [2.05, 4.69) is 20.2 Å². The number of carboxylic acid groups (broad SMARTS) is 1. The number of nitrogens with two attached hydrogens (primary N) is 1. The van der Waals surface area contributed by atoms with Gasteiger partial charge in [-0.15, -0.1) is 4.80 Å². The van der Waals surface area contributed by atoms with E-state index in [1.54, 1.807) is 6.92 Å². The average Bonchev–Trinajstić information content (AvgIpc) is 2.73. The van der Waals surface area contributed by atoms with Crippen molar-refractivity contribution in [1.82, 2.24) is 25.0 Å². The van der Waals surface area contributed by atoms with Crippen LogP contribution in [0.15, 0.2) is 12.4 Å². The molecule has 0 saturated carbocycles. The van der Waals surface area contributed by atoms with Crippen LogP contribution >= 0.6 is 0 Å². The highest BCUT2D eigenvalue weighted by Crippen LogP contribution is 2.12. The third kappa shape index (κ3) is 1.56. The minimum atomic E-state index is -1.21. The highest BCUT2D eigenvalue weighted by molar-refractivity contribution is 5.90. The van der Waals surface area contributed by atoms with E-state index in [1.165, 1.54) is 17.2 Å². The molecule has 0 aliphatic heterocycles. The van der Waals surface area contributed by atoms with Crippen molar-refractivity contribution in [2.24, 2.45) is 0 Å². The van der Waals surface area contributed by atoms with E-state index in [1.807, 2.05) is 0 Å². The summed E-state index contributed by atoms with van der Waals surface area (Å²) in [5, 5.41) is 16.5. The van der Waals surface area contributed by atoms with Crippen LogP contribution in [0.5, 0.6) is 0 Å². The minimum Gasteiger partial charge on any atom is -0.476 e. The number of hydrogen-bond donors (Lipinski definition) is 2. The van der Waals surface area contributed by atoms with Gasteiger partial charge in [0.2, 0.25) is 0 Å². The highest BCUT2D eigenvalue weighted by atomic mass is 16.4. The first kappa shape index (κ1) is 10.0. The zero-order chi connectivity index (χ0) is 11.7. The first-order valence-electron chi connectivity index (χ1n) is 4.33. The lowest BCUT2D eigenvalue weighted by Gasteiger charge is -2.05. The predicted molar refractivity (Wildman–Crippen MR) is 53.1 cm³/mol. The van der Waals surface area contributed by atoms with Gasteiger partial charge in [-0.2, -0.15) is 10.2 Å². The second kappa shape index (κ2) is 3.57. The number of anilines is 1. The molecule has 0 atom stereocenters. The molecule has 0 aliphatic carbocycles. The molecule has 82 valence electrons. The summed E-state index contributed by atoms with van der Waals surface area (Å²) in [4.78, 5) is 19.7. The van der Waals surface area contributed by atoms with Gasteiger partial charge in [-0.25, -0.2) is 14.8 Å². The van der Waals surface area contributed by atoms with Crippen LogP contribution in [0.3, 0.4) is 0 Å². The lowest BCUT2D eigenvalue weighted by Crippen LogP contribution is -2.14. The number of nitrogens with zero attached hydrogens (tertiary/aromatic N) is 5. The molecule has 2 aromatic heterocycles. The van der Waals surface area contributed by atoms with Crippen LogP contribution in [0.4, 0.5) is 5.82 Å². The molecule has 2 rings (SSSR count). The van der Waals surface area contributed by atoms with Gasteiger partial charge in [0.1, 0.15) is 0 Å². The smallest absolute Gasteiger partial charge is 0.358 e. The summed E-state index contributed by atoms with van der Waals surface area (Å²) in [5.41, 5.74) is 5.60. The van der Waals surface area contributed by atoms with E-state index in [0.29, 0.717) is 11.5 Å². The van der Waals surface area contributed by atoms with Crippen LogP contribution in [0.25, 0.3) is 5.82 Å². The molecule has 0 spiro atoms. The van der Waals surface area contributed by atoms with Gasteiger partial charge < -0.3 is 10.8 Å². The number of carboxylic acids is 1. The fourth-order valence-electron chi connectivity index (χ4n) is 1.19. The molecule has 0 bridgehead atoms. The molecule has 16 heavy (non-hydrogen) atoms. The number of aryl methyl sites for hydroxylation is 1. The molecule has 2 heterocycles. The Balaban J connectivity index is 2.59. The third-order valence-electron chi connectivity index (χ3n) is 1.88. The lowest BCUT2D eigenvalue weighted by atomic mass is 10.3. The van der Waals surface area contributed by atoms with E-state index in [9.17, 15) is 4.79 Å². The highest BCUT2D eigenvalue weighted by Gasteiger charge is 2.16. The molecule has 0 aromatic carbocycles. The maximum atomic E-state index is 10.8. The first-order valence-corrected chi connectivity index (χ1v) is 4.33. The number of nitrogen functional groups attached to an aromatic ring is 1. The standard InChI is InChI=1S/C8H8N6O2/c1-4-7(14-10-2-3-11-14)13-6(9)5(12-4)8(15)16/h2-3H,1H3,(H2,9,13)(H,15,16). The van der Waals surface area contributed by atoms with Crippen molar-refractivity contribution in [1.29, 1.82) is 0 Å². The Morgan fingerprint density at radius 2 is 2.00 bits per heavy atom. The molecule has 0 unspecified atom stereocenters. The normalized spacial score (nSPS) is 10.3. The van der Waals surface area contributed by atoms with Crippen LogP contribution in [0, 0.1) is 6.92 Å². The van der Waals surface area contributed by atoms with Gasteiger partial charge in [-0.3, -0.25) is 0 Å². The van der Waals surface area contributed by atoms with E-state index >= 15 is 0 Å². The van der Waals surface area contributed by atoms with Crippen molar-refractivity contribution in [3.05, 3.63) is 23.8 Å². The van der Waals surface area contributed by atoms with Gasteiger partial charge in [-0.1, -0.05) is 0 Å². The second-order valence-corrected chi connectivity index (χ2v) is 2.99. The van der Waals surface area contributed by atoms with Crippen molar-refractivity contribution in [3.8, 4) is 5.82 Å². The van der Waals surface area contributed by atoms with Crippen molar-refractivity contribution < 1.29 is 9.90 Å². The van der Waals surface area contributed by atoms with Gasteiger partial charge in [0.05, 0.1) is 18.1 Å². The van der Waals surface area contributed by atoms with Gasteiger partial charge in [0.15, 0.2) is 17.3 Å². The van der Waals surface area contributed by atoms with Crippen LogP contribution in [0.1, 0.15) is 16.2 Å². The molecule has 0 saturated heterocycles. The monoisotopic (exact) mass is 220 g/mol. The van der Waals surface area contributed by atoms with Gasteiger partial charge >= 0.3 is 5.97 Å². The summed E-state index contributed by atoms with van der Waals surface area (Å²) < 4.78 is 0. The third-order valence-corrected chi connectivity index (χ3v) is 1.88. The lowest BCUT2D eigenvalue weighted by molar-refractivity contribution is 0.0691. The molecule has 8 heteroatoms. The number of aromatic nitrogens is 5. The first-order chi connectivity index (χ1) is 7.59. The van der Waals surface area contributed by atoms with Crippen molar-refractivity contribution in [2.75, 3.05) is 5.73 Å². The maximum absolute atomic E-state index is 10.8. The van der Waals surface area contributed by atoms with E-state index in [-0.39, 0.29) is 11.5 Å². The zero-order valence-electron chi connectivity index (χ0n) is 8.32. The summed E-state index contributed by atoms with van der Waals surface area (Å²) in [6.07, 6.45) is 2.95. The van der Waals surface area contributed by atoms with Gasteiger partial charge in [-0.05, 0) is 6.92 Å². The summed E-state index contributed by atoms with van der Waals surface area (Å²) in [7, 11) is 0. The van der Waals surface area contributed by atoms with E-state index in [0.717, 1.165) is 0 Å². The summed E-state index contributed by atoms with van der Waals surface area (Å²) in [5.74, 6) is -1.06. The molecule has 0 radical (unpaired) electrons. The maximum Gasteiger partial charge on any atom is 0.358 e. The minimum absolute atomic E-state index is 0.162. The quantitative estimate of drug-likeness (QED) is 0.709.